The van der Waals surface area contributed by atoms with Crippen LogP contribution in [0.15, 0.2) is 24.3 Å². The lowest BCUT2D eigenvalue weighted by molar-refractivity contribution is -0.143. The van der Waals surface area contributed by atoms with E-state index in [1.54, 1.807) is 49.9 Å². The largest absolute Gasteiger partial charge is 0.508 e. The van der Waals surface area contributed by atoms with Gasteiger partial charge in [-0.3, -0.25) is 9.59 Å². The van der Waals surface area contributed by atoms with E-state index >= 15 is 0 Å². The van der Waals surface area contributed by atoms with Crippen molar-refractivity contribution in [1.29, 1.82) is 0 Å². The van der Waals surface area contributed by atoms with Crippen LogP contribution in [0.25, 0.3) is 0 Å². The molecule has 1 aliphatic rings. The molecule has 8 nitrogen and oxygen atoms in total. The molecular formula is C33H55N3O5. The molecule has 0 spiro atoms. The van der Waals surface area contributed by atoms with Crippen LogP contribution in [0.3, 0.4) is 0 Å². The molecule has 2 atom stereocenters. The number of aromatic hydroxyl groups is 1. The van der Waals surface area contributed by atoms with E-state index in [-0.39, 0.29) is 29.5 Å². The summed E-state index contributed by atoms with van der Waals surface area (Å²) >= 11 is 0. The van der Waals surface area contributed by atoms with Gasteiger partial charge < -0.3 is 25.4 Å². The smallest absolute Gasteiger partial charge is 0.408 e. The Hall–Kier alpha value is -2.77. The van der Waals surface area contributed by atoms with E-state index in [0.29, 0.717) is 18.5 Å². The van der Waals surface area contributed by atoms with Crippen molar-refractivity contribution < 1.29 is 24.2 Å². The van der Waals surface area contributed by atoms with E-state index < -0.39 is 23.8 Å². The highest BCUT2D eigenvalue weighted by molar-refractivity contribution is 5.92. The summed E-state index contributed by atoms with van der Waals surface area (Å²) in [6.45, 7) is 11.8. The fourth-order valence-corrected chi connectivity index (χ4v) is 5.47. The van der Waals surface area contributed by atoms with Crippen molar-refractivity contribution in [2.75, 3.05) is 6.54 Å². The first-order valence-electron chi connectivity index (χ1n) is 15.8. The number of nitrogens with zero attached hydrogens (tertiary/aromatic N) is 1. The van der Waals surface area contributed by atoms with Crippen molar-refractivity contribution in [3.63, 3.8) is 0 Å². The van der Waals surface area contributed by atoms with E-state index in [1.165, 1.54) is 6.42 Å². The number of hydrogen-bond donors (Lipinski definition) is 3. The number of phenols is 1. The number of alkyl carbamates (subject to hydrolysis) is 1. The molecule has 1 aromatic carbocycles. The first-order valence-corrected chi connectivity index (χ1v) is 15.8. The molecule has 0 bridgehead atoms. The van der Waals surface area contributed by atoms with Gasteiger partial charge in [-0.15, -0.1) is 0 Å². The summed E-state index contributed by atoms with van der Waals surface area (Å²) in [6.07, 6.45) is 11.0. The van der Waals surface area contributed by atoms with E-state index in [2.05, 4.69) is 17.6 Å². The van der Waals surface area contributed by atoms with Crippen LogP contribution in [0, 0.1) is 5.92 Å². The molecule has 2 rings (SSSR count). The van der Waals surface area contributed by atoms with Gasteiger partial charge >= 0.3 is 6.09 Å². The Morgan fingerprint density at radius 1 is 1.00 bits per heavy atom. The van der Waals surface area contributed by atoms with Gasteiger partial charge in [0, 0.05) is 18.2 Å². The van der Waals surface area contributed by atoms with Gasteiger partial charge in [-0.25, -0.2) is 4.79 Å². The molecule has 0 heterocycles. The Bertz CT molecular complexity index is 952. The number of ether oxygens (including phenoxy) is 1. The SMILES string of the molecule is CCCCCCCCN(C(=O)C(CC(C)C)NC(=O)OC(C)(C)C)C(C(=O)NC1CCCCC1)c1ccccc1O. The Kier molecular flexibility index (Phi) is 14.5. The fraction of sp³-hybridized carbons (Fsp3) is 0.727. The van der Waals surface area contributed by atoms with Crippen molar-refractivity contribution in [2.24, 2.45) is 5.92 Å². The molecule has 3 amide bonds. The Labute approximate surface area is 248 Å². The first kappa shape index (κ1) is 34.4. The quantitative estimate of drug-likeness (QED) is 0.196. The summed E-state index contributed by atoms with van der Waals surface area (Å²) in [6, 6.07) is 4.89. The van der Waals surface area contributed by atoms with E-state index in [4.69, 9.17) is 4.74 Å². The second-order valence-electron chi connectivity index (χ2n) is 12.9. The number of carbonyl (C=O) groups is 3. The van der Waals surface area contributed by atoms with Gasteiger partial charge in [0.1, 0.15) is 23.4 Å². The minimum absolute atomic E-state index is 0.0300. The normalized spacial score (nSPS) is 15.7. The highest BCUT2D eigenvalue weighted by Crippen LogP contribution is 2.31. The van der Waals surface area contributed by atoms with Gasteiger partial charge in [-0.1, -0.05) is 90.3 Å². The summed E-state index contributed by atoms with van der Waals surface area (Å²) in [7, 11) is 0. The maximum absolute atomic E-state index is 14.4. The number of unbranched alkanes of at least 4 members (excludes halogenated alkanes) is 5. The number of rotatable bonds is 15. The number of phenolic OH excluding ortho intramolecular Hbond substituents is 1. The third-order valence-electron chi connectivity index (χ3n) is 7.47. The average molecular weight is 574 g/mol. The summed E-state index contributed by atoms with van der Waals surface area (Å²) in [5.41, 5.74) is -0.327. The number of carbonyl (C=O) groups excluding carboxylic acids is 3. The minimum Gasteiger partial charge on any atom is -0.508 e. The Morgan fingerprint density at radius 2 is 1.63 bits per heavy atom. The monoisotopic (exact) mass is 573 g/mol. The lowest BCUT2D eigenvalue weighted by Crippen LogP contribution is -2.54. The first-order chi connectivity index (χ1) is 19.4. The third kappa shape index (κ3) is 12.3. The number of hydrogen-bond acceptors (Lipinski definition) is 5. The van der Waals surface area contributed by atoms with Gasteiger partial charge in [0.15, 0.2) is 0 Å². The van der Waals surface area contributed by atoms with Crippen molar-refractivity contribution in [3.05, 3.63) is 29.8 Å². The molecule has 41 heavy (non-hydrogen) atoms. The van der Waals surface area contributed by atoms with Crippen LogP contribution in [-0.4, -0.2) is 52.1 Å². The topological polar surface area (TPSA) is 108 Å². The zero-order chi connectivity index (χ0) is 30.4. The summed E-state index contributed by atoms with van der Waals surface area (Å²) in [4.78, 5) is 42.8. The minimum atomic E-state index is -1.02. The van der Waals surface area contributed by atoms with E-state index in [0.717, 1.165) is 64.2 Å². The van der Waals surface area contributed by atoms with Crippen molar-refractivity contribution in [2.45, 2.75) is 142 Å². The molecule has 1 saturated carbocycles. The predicted molar refractivity (Wildman–Crippen MR) is 164 cm³/mol. The van der Waals surface area contributed by atoms with Gasteiger partial charge in [-0.2, -0.15) is 0 Å². The molecule has 0 aromatic heterocycles. The number of benzene rings is 1. The lowest BCUT2D eigenvalue weighted by Gasteiger charge is -2.36. The van der Waals surface area contributed by atoms with Gasteiger partial charge in [0.05, 0.1) is 0 Å². The maximum Gasteiger partial charge on any atom is 0.408 e. The average Bonchev–Trinajstić information content (AvgIpc) is 2.89. The molecular weight excluding hydrogens is 518 g/mol. The highest BCUT2D eigenvalue weighted by atomic mass is 16.6. The van der Waals surface area contributed by atoms with Gasteiger partial charge in [0.2, 0.25) is 11.8 Å². The van der Waals surface area contributed by atoms with Crippen LogP contribution in [-0.2, 0) is 14.3 Å². The van der Waals surface area contributed by atoms with Crippen LogP contribution in [0.4, 0.5) is 4.79 Å². The van der Waals surface area contributed by atoms with Crippen LogP contribution in [0.2, 0.25) is 0 Å². The highest BCUT2D eigenvalue weighted by Gasteiger charge is 2.38. The number of nitrogens with one attached hydrogen (secondary N) is 2. The Morgan fingerprint density at radius 3 is 2.24 bits per heavy atom. The number of para-hydroxylation sites is 1. The van der Waals surface area contributed by atoms with Gasteiger partial charge in [-0.05, 0) is 58.4 Å². The van der Waals surface area contributed by atoms with Crippen LogP contribution in [0.5, 0.6) is 5.75 Å². The van der Waals surface area contributed by atoms with E-state index in [9.17, 15) is 19.5 Å². The molecule has 0 saturated heterocycles. The van der Waals surface area contributed by atoms with Crippen molar-refractivity contribution in [3.8, 4) is 5.75 Å². The summed E-state index contributed by atoms with van der Waals surface area (Å²) < 4.78 is 5.49. The van der Waals surface area contributed by atoms with Crippen LogP contribution in [0.1, 0.15) is 130 Å². The van der Waals surface area contributed by atoms with Crippen molar-refractivity contribution >= 4 is 17.9 Å². The molecule has 8 heteroatoms. The lowest BCUT2D eigenvalue weighted by atomic mass is 9.94. The van der Waals surface area contributed by atoms with Crippen LogP contribution < -0.4 is 10.6 Å². The molecule has 1 aromatic rings. The Balaban J connectivity index is 2.44. The van der Waals surface area contributed by atoms with E-state index in [1.807, 2.05) is 13.8 Å². The zero-order valence-electron chi connectivity index (χ0n) is 26.3. The molecule has 2 unspecified atom stereocenters. The third-order valence-corrected chi connectivity index (χ3v) is 7.47. The summed E-state index contributed by atoms with van der Waals surface area (Å²) in [5, 5.41) is 16.9. The molecule has 1 fully saturated rings. The zero-order valence-corrected chi connectivity index (χ0v) is 26.3. The second-order valence-corrected chi connectivity index (χ2v) is 12.9. The molecule has 232 valence electrons. The molecule has 0 aliphatic heterocycles. The van der Waals surface area contributed by atoms with Gasteiger partial charge in [0.25, 0.3) is 0 Å². The molecule has 0 radical (unpaired) electrons. The van der Waals surface area contributed by atoms with Crippen LogP contribution >= 0.6 is 0 Å². The maximum atomic E-state index is 14.4. The second kappa shape index (κ2) is 17.2. The standard InChI is InChI=1S/C33H55N3O5/c1-7-8-9-10-11-17-22-36(31(39)27(23-24(2)3)35-32(40)41-33(4,5)6)29(26-20-15-16-21-28(26)37)30(38)34-25-18-13-12-14-19-25/h15-16,20-21,24-25,27,29,37H,7-14,17-19,22-23H2,1-6H3,(H,34,38)(H,35,40). The molecule has 1 aliphatic carbocycles. The predicted octanol–water partition coefficient (Wildman–Crippen LogP) is 7.01. The van der Waals surface area contributed by atoms with Crippen molar-refractivity contribution in [1.82, 2.24) is 15.5 Å². The summed E-state index contributed by atoms with van der Waals surface area (Å²) in [5.74, 6) is -0.560. The molecule has 3 N–H and O–H groups in total. The number of amides is 3. The fourth-order valence-electron chi connectivity index (χ4n) is 5.47.